The van der Waals surface area contributed by atoms with Crippen LogP contribution >= 0.6 is 0 Å². The molecule has 0 aliphatic heterocycles. The van der Waals surface area contributed by atoms with Gasteiger partial charge in [0.05, 0.1) is 0 Å². The molecule has 76 valence electrons. The van der Waals surface area contributed by atoms with Gasteiger partial charge in [-0.1, -0.05) is 24.3 Å². The molecular formula is C11H14O2S. The van der Waals surface area contributed by atoms with Gasteiger partial charge in [0.25, 0.3) is 0 Å². The summed E-state index contributed by atoms with van der Waals surface area (Å²) in [6, 6.07) is 8.41. The van der Waals surface area contributed by atoms with Crippen molar-refractivity contribution < 1.29 is 8.76 Å². The molecule has 0 saturated heterocycles. The van der Waals surface area contributed by atoms with Crippen molar-refractivity contribution in [1.29, 1.82) is 0 Å². The third kappa shape index (κ3) is 2.04. The zero-order valence-corrected chi connectivity index (χ0v) is 8.80. The quantitative estimate of drug-likeness (QED) is 0.777. The molecule has 0 bridgehead atoms. The van der Waals surface area contributed by atoms with Gasteiger partial charge in [-0.3, -0.25) is 0 Å². The largest absolute Gasteiger partial charge is 0.306 e. The van der Waals surface area contributed by atoms with Crippen LogP contribution in [-0.4, -0.2) is 14.5 Å². The fraction of sp³-hybridized carbons (Fsp3) is 0.455. The van der Waals surface area contributed by atoms with Crippen molar-refractivity contribution in [2.45, 2.75) is 25.2 Å². The Kier molecular flexibility index (Phi) is 2.99. The van der Waals surface area contributed by atoms with Gasteiger partial charge in [0, 0.05) is 5.75 Å². The molecule has 2 nitrogen and oxygen atoms in total. The van der Waals surface area contributed by atoms with E-state index in [2.05, 4.69) is 18.2 Å². The van der Waals surface area contributed by atoms with Gasteiger partial charge in [-0.25, -0.2) is 4.21 Å². The van der Waals surface area contributed by atoms with E-state index in [0.717, 1.165) is 19.3 Å². The van der Waals surface area contributed by atoms with E-state index in [0.29, 0.717) is 11.7 Å². The molecule has 0 heterocycles. The third-order valence-electron chi connectivity index (χ3n) is 2.90. The fourth-order valence-corrected chi connectivity index (χ4v) is 2.67. The van der Waals surface area contributed by atoms with E-state index in [1.165, 1.54) is 11.1 Å². The first-order valence-corrected chi connectivity index (χ1v) is 6.20. The summed E-state index contributed by atoms with van der Waals surface area (Å²) in [7, 11) is 0. The zero-order chi connectivity index (χ0) is 9.97. The van der Waals surface area contributed by atoms with Gasteiger partial charge < -0.3 is 4.55 Å². The number of hydrogen-bond acceptors (Lipinski definition) is 1. The highest BCUT2D eigenvalue weighted by molar-refractivity contribution is 7.79. The molecule has 1 aliphatic rings. The lowest BCUT2D eigenvalue weighted by Crippen LogP contribution is -2.01. The second-order valence-corrected chi connectivity index (χ2v) is 4.80. The third-order valence-corrected chi connectivity index (χ3v) is 3.48. The Balaban J connectivity index is 2.07. The van der Waals surface area contributed by atoms with Crippen LogP contribution in [0.1, 0.15) is 29.9 Å². The van der Waals surface area contributed by atoms with Crippen molar-refractivity contribution in [3.63, 3.8) is 0 Å². The maximum atomic E-state index is 10.6. The molecule has 2 unspecified atom stereocenters. The summed E-state index contributed by atoms with van der Waals surface area (Å²) in [5, 5.41) is 0. The molecular weight excluding hydrogens is 196 g/mol. The first kappa shape index (κ1) is 9.87. The molecule has 0 fully saturated rings. The smallest absolute Gasteiger partial charge is 0.152 e. The summed E-state index contributed by atoms with van der Waals surface area (Å²) in [5.74, 6) is 0.904. The Morgan fingerprint density at radius 1 is 1.43 bits per heavy atom. The second-order valence-electron chi connectivity index (χ2n) is 3.75. The Bertz CT molecular complexity index is 349. The van der Waals surface area contributed by atoms with Crippen LogP contribution in [0.25, 0.3) is 0 Å². The Labute approximate surface area is 86.6 Å². The molecule has 1 aromatic rings. The van der Waals surface area contributed by atoms with Gasteiger partial charge in [0.15, 0.2) is 11.1 Å². The van der Waals surface area contributed by atoms with Gasteiger partial charge in [-0.15, -0.1) is 0 Å². The van der Waals surface area contributed by atoms with Gasteiger partial charge in [0.2, 0.25) is 0 Å². The molecule has 1 aliphatic carbocycles. The van der Waals surface area contributed by atoms with Crippen LogP contribution in [0.5, 0.6) is 0 Å². The highest BCUT2D eigenvalue weighted by Crippen LogP contribution is 2.35. The van der Waals surface area contributed by atoms with Crippen LogP contribution in [0.2, 0.25) is 0 Å². The molecule has 3 heteroatoms. The van der Waals surface area contributed by atoms with Crippen LogP contribution in [0, 0.1) is 0 Å². The highest BCUT2D eigenvalue weighted by Gasteiger charge is 2.21. The maximum Gasteiger partial charge on any atom is 0.152 e. The topological polar surface area (TPSA) is 37.3 Å². The maximum absolute atomic E-state index is 10.6. The minimum atomic E-state index is -1.64. The summed E-state index contributed by atoms with van der Waals surface area (Å²) < 4.78 is 19.3. The lowest BCUT2D eigenvalue weighted by molar-refractivity contribution is 0.553. The van der Waals surface area contributed by atoms with Gasteiger partial charge >= 0.3 is 0 Å². The van der Waals surface area contributed by atoms with Crippen LogP contribution in [0.4, 0.5) is 0 Å². The molecule has 1 N–H and O–H groups in total. The fourth-order valence-electron chi connectivity index (χ4n) is 2.19. The van der Waals surface area contributed by atoms with E-state index in [-0.39, 0.29) is 0 Å². The molecule has 2 rings (SSSR count). The minimum absolute atomic E-state index is 0.402. The minimum Gasteiger partial charge on any atom is -0.306 e. The first-order valence-electron chi connectivity index (χ1n) is 4.92. The average molecular weight is 210 g/mol. The van der Waals surface area contributed by atoms with Crippen LogP contribution in [0.15, 0.2) is 24.3 Å². The van der Waals surface area contributed by atoms with E-state index in [9.17, 15) is 4.21 Å². The predicted octanol–water partition coefficient (Wildman–Crippen LogP) is 2.33. The van der Waals surface area contributed by atoms with Gasteiger partial charge in [-0.2, -0.15) is 0 Å². The van der Waals surface area contributed by atoms with E-state index in [1.807, 2.05) is 6.07 Å². The molecule has 0 spiro atoms. The summed E-state index contributed by atoms with van der Waals surface area (Å²) in [6.07, 6.45) is 3.09. The first-order chi connectivity index (χ1) is 6.77. The van der Waals surface area contributed by atoms with Crippen molar-refractivity contribution in [1.82, 2.24) is 0 Å². The molecule has 0 saturated carbocycles. The summed E-state index contributed by atoms with van der Waals surface area (Å²) in [6.45, 7) is 0. The van der Waals surface area contributed by atoms with Crippen molar-refractivity contribution >= 4 is 11.1 Å². The predicted molar refractivity (Wildman–Crippen MR) is 57.8 cm³/mol. The van der Waals surface area contributed by atoms with Crippen LogP contribution in [-0.2, 0) is 17.5 Å². The number of fused-ring (bicyclic) bond motifs is 1. The SMILES string of the molecule is O=S(O)CCC1CCc2ccccc21. The van der Waals surface area contributed by atoms with Crippen molar-refractivity contribution in [3.8, 4) is 0 Å². The summed E-state index contributed by atoms with van der Waals surface area (Å²) in [4.78, 5) is 0. The number of aryl methyl sites for hydroxylation is 1. The second kappa shape index (κ2) is 4.24. The molecule has 0 radical (unpaired) electrons. The van der Waals surface area contributed by atoms with Gasteiger partial charge in [0.1, 0.15) is 0 Å². The molecule has 0 aromatic heterocycles. The zero-order valence-electron chi connectivity index (χ0n) is 7.98. The molecule has 2 atom stereocenters. The van der Waals surface area contributed by atoms with Crippen LogP contribution in [0.3, 0.4) is 0 Å². The van der Waals surface area contributed by atoms with E-state index >= 15 is 0 Å². The Morgan fingerprint density at radius 3 is 3.00 bits per heavy atom. The monoisotopic (exact) mass is 210 g/mol. The lowest BCUT2D eigenvalue weighted by atomic mass is 9.99. The number of benzene rings is 1. The van der Waals surface area contributed by atoms with E-state index in [1.54, 1.807) is 0 Å². The van der Waals surface area contributed by atoms with E-state index in [4.69, 9.17) is 4.55 Å². The number of rotatable bonds is 3. The average Bonchev–Trinajstić information content (AvgIpc) is 2.58. The van der Waals surface area contributed by atoms with Crippen molar-refractivity contribution in [2.24, 2.45) is 0 Å². The standard InChI is InChI=1S/C11H14O2S/c12-14(13)8-7-10-6-5-9-3-1-2-4-11(9)10/h1-4,10H,5-8H2,(H,12,13). The molecule has 14 heavy (non-hydrogen) atoms. The lowest BCUT2D eigenvalue weighted by Gasteiger charge is -2.09. The number of hydrogen-bond donors (Lipinski definition) is 1. The summed E-state index contributed by atoms with van der Waals surface area (Å²) in [5.41, 5.74) is 2.80. The van der Waals surface area contributed by atoms with Crippen molar-refractivity contribution in [3.05, 3.63) is 35.4 Å². The Morgan fingerprint density at radius 2 is 2.21 bits per heavy atom. The van der Waals surface area contributed by atoms with Gasteiger partial charge in [-0.05, 0) is 36.3 Å². The highest BCUT2D eigenvalue weighted by atomic mass is 32.2. The van der Waals surface area contributed by atoms with Crippen LogP contribution < -0.4 is 0 Å². The van der Waals surface area contributed by atoms with E-state index < -0.39 is 11.1 Å². The molecule has 0 amide bonds. The summed E-state index contributed by atoms with van der Waals surface area (Å²) >= 11 is -1.64. The molecule has 1 aromatic carbocycles. The van der Waals surface area contributed by atoms with Crippen molar-refractivity contribution in [2.75, 3.05) is 5.75 Å². The normalized spacial score (nSPS) is 21.9. The Hall–Kier alpha value is -0.670.